The van der Waals surface area contributed by atoms with E-state index in [0.29, 0.717) is 36.2 Å². The van der Waals surface area contributed by atoms with Crippen molar-refractivity contribution in [2.24, 2.45) is 0 Å². The fourth-order valence-corrected chi connectivity index (χ4v) is 3.22. The molecular weight excluding hydrogens is 350 g/mol. The van der Waals surface area contributed by atoms with Crippen LogP contribution in [0.25, 0.3) is 0 Å². The molecule has 1 aliphatic heterocycles. The van der Waals surface area contributed by atoms with Gasteiger partial charge in [-0.2, -0.15) is 0 Å². The van der Waals surface area contributed by atoms with Crippen LogP contribution in [0.2, 0.25) is 10.0 Å². The van der Waals surface area contributed by atoms with E-state index >= 15 is 0 Å². The van der Waals surface area contributed by atoms with Crippen molar-refractivity contribution < 1.29 is 9.18 Å². The number of hydrogen-bond acceptors (Lipinski definition) is 2. The Morgan fingerprint density at radius 2 is 1.67 bits per heavy atom. The van der Waals surface area contributed by atoms with Crippen LogP contribution in [0, 0.1) is 5.82 Å². The maximum atomic E-state index is 12.9. The molecule has 0 aliphatic carbocycles. The quantitative estimate of drug-likeness (QED) is 0.818. The zero-order valence-electron chi connectivity index (χ0n) is 13.0. The first kappa shape index (κ1) is 17.1. The average Bonchev–Trinajstić information content (AvgIpc) is 2.59. The van der Waals surface area contributed by atoms with Gasteiger partial charge in [-0.3, -0.25) is 4.79 Å². The molecule has 0 unspecified atom stereocenters. The van der Waals surface area contributed by atoms with Gasteiger partial charge in [-0.05, 0) is 35.9 Å². The third-order valence-corrected chi connectivity index (χ3v) is 4.70. The van der Waals surface area contributed by atoms with Gasteiger partial charge in [0.1, 0.15) is 5.82 Å². The van der Waals surface area contributed by atoms with Crippen LogP contribution in [-0.2, 0) is 11.2 Å². The molecule has 1 heterocycles. The first-order valence-electron chi connectivity index (χ1n) is 7.75. The van der Waals surface area contributed by atoms with Crippen molar-refractivity contribution >= 4 is 34.8 Å². The Balaban J connectivity index is 1.59. The van der Waals surface area contributed by atoms with E-state index in [1.54, 1.807) is 24.3 Å². The van der Waals surface area contributed by atoms with Crippen molar-refractivity contribution in [3.63, 3.8) is 0 Å². The lowest BCUT2D eigenvalue weighted by Gasteiger charge is -2.36. The molecule has 1 aliphatic rings. The molecule has 1 saturated heterocycles. The van der Waals surface area contributed by atoms with Crippen LogP contribution < -0.4 is 4.90 Å². The first-order chi connectivity index (χ1) is 11.5. The summed E-state index contributed by atoms with van der Waals surface area (Å²) in [6, 6.07) is 11.4. The number of hydrogen-bond donors (Lipinski definition) is 0. The van der Waals surface area contributed by atoms with Crippen LogP contribution in [0.1, 0.15) is 5.56 Å². The first-order valence-corrected chi connectivity index (χ1v) is 8.51. The van der Waals surface area contributed by atoms with Crippen LogP contribution >= 0.6 is 23.2 Å². The Labute approximate surface area is 150 Å². The van der Waals surface area contributed by atoms with Crippen LogP contribution in [-0.4, -0.2) is 37.0 Å². The number of benzene rings is 2. The van der Waals surface area contributed by atoms with Crippen molar-refractivity contribution in [2.45, 2.75) is 6.42 Å². The highest BCUT2D eigenvalue weighted by atomic mass is 35.5. The Hall–Kier alpha value is -1.78. The molecule has 1 fully saturated rings. The standard InChI is InChI=1S/C18H17Cl2FN2O/c19-14-3-6-16(20)17(12-14)22-7-9-23(10-8-22)18(24)11-13-1-4-15(21)5-2-13/h1-6,12H,7-11H2. The topological polar surface area (TPSA) is 23.6 Å². The minimum Gasteiger partial charge on any atom is -0.367 e. The van der Waals surface area contributed by atoms with Crippen molar-refractivity contribution in [3.8, 4) is 0 Å². The van der Waals surface area contributed by atoms with Gasteiger partial charge >= 0.3 is 0 Å². The summed E-state index contributed by atoms with van der Waals surface area (Å²) in [7, 11) is 0. The second kappa shape index (κ2) is 7.41. The third-order valence-electron chi connectivity index (χ3n) is 4.15. The smallest absolute Gasteiger partial charge is 0.227 e. The van der Waals surface area contributed by atoms with Crippen molar-refractivity contribution in [2.75, 3.05) is 31.1 Å². The molecule has 0 N–H and O–H groups in total. The van der Waals surface area contributed by atoms with Crippen molar-refractivity contribution in [3.05, 3.63) is 63.9 Å². The zero-order chi connectivity index (χ0) is 17.1. The molecule has 6 heteroatoms. The number of carbonyl (C=O) groups is 1. The van der Waals surface area contributed by atoms with E-state index in [1.807, 2.05) is 11.0 Å². The number of halogens is 3. The second-order valence-electron chi connectivity index (χ2n) is 5.77. The number of nitrogens with zero attached hydrogens (tertiary/aromatic N) is 2. The molecule has 0 bridgehead atoms. The van der Waals surface area contributed by atoms with Crippen molar-refractivity contribution in [1.29, 1.82) is 0 Å². The second-order valence-corrected chi connectivity index (χ2v) is 6.61. The number of piperazine rings is 1. The lowest BCUT2D eigenvalue weighted by Crippen LogP contribution is -2.49. The molecule has 2 aromatic rings. The molecule has 2 aromatic carbocycles. The summed E-state index contributed by atoms with van der Waals surface area (Å²) in [4.78, 5) is 16.3. The summed E-state index contributed by atoms with van der Waals surface area (Å²) in [5.41, 5.74) is 1.72. The van der Waals surface area contributed by atoms with Crippen LogP contribution in [0.5, 0.6) is 0 Å². The zero-order valence-corrected chi connectivity index (χ0v) is 14.5. The van der Waals surface area contributed by atoms with E-state index in [-0.39, 0.29) is 18.1 Å². The molecule has 3 nitrogen and oxygen atoms in total. The predicted molar refractivity (Wildman–Crippen MR) is 95.4 cm³/mol. The van der Waals surface area contributed by atoms with E-state index in [0.717, 1.165) is 11.3 Å². The molecular formula is C18H17Cl2FN2O. The van der Waals surface area contributed by atoms with E-state index in [9.17, 15) is 9.18 Å². The largest absolute Gasteiger partial charge is 0.367 e. The van der Waals surface area contributed by atoms with Crippen LogP contribution in [0.15, 0.2) is 42.5 Å². The molecule has 0 spiro atoms. The molecule has 3 rings (SSSR count). The Kier molecular flexibility index (Phi) is 5.27. The van der Waals surface area contributed by atoms with Crippen molar-refractivity contribution in [1.82, 2.24) is 4.90 Å². The van der Waals surface area contributed by atoms with Gasteiger partial charge < -0.3 is 9.80 Å². The maximum Gasteiger partial charge on any atom is 0.227 e. The van der Waals surface area contributed by atoms with Gasteiger partial charge in [-0.1, -0.05) is 35.3 Å². The number of amides is 1. The summed E-state index contributed by atoms with van der Waals surface area (Å²) in [6.45, 7) is 2.66. The lowest BCUT2D eigenvalue weighted by atomic mass is 10.1. The molecule has 0 saturated carbocycles. The fourth-order valence-electron chi connectivity index (χ4n) is 2.81. The van der Waals surface area contributed by atoms with Gasteiger partial charge in [0.2, 0.25) is 5.91 Å². The van der Waals surface area contributed by atoms with Crippen LogP contribution in [0.3, 0.4) is 0 Å². The molecule has 126 valence electrons. The highest BCUT2D eigenvalue weighted by Crippen LogP contribution is 2.29. The minimum atomic E-state index is -0.293. The fraction of sp³-hybridized carbons (Fsp3) is 0.278. The summed E-state index contributed by atoms with van der Waals surface area (Å²) in [5, 5.41) is 1.30. The normalized spacial score (nSPS) is 14.8. The molecule has 1 amide bonds. The SMILES string of the molecule is O=C(Cc1ccc(F)cc1)N1CCN(c2cc(Cl)ccc2Cl)CC1. The van der Waals surface area contributed by atoms with E-state index in [1.165, 1.54) is 12.1 Å². The van der Waals surface area contributed by atoms with E-state index in [2.05, 4.69) is 4.90 Å². The highest BCUT2D eigenvalue weighted by molar-refractivity contribution is 6.35. The van der Waals surface area contributed by atoms with Gasteiger partial charge in [0.15, 0.2) is 0 Å². The van der Waals surface area contributed by atoms with Gasteiger partial charge in [0.05, 0.1) is 17.1 Å². The lowest BCUT2D eigenvalue weighted by molar-refractivity contribution is -0.130. The highest BCUT2D eigenvalue weighted by Gasteiger charge is 2.22. The molecule has 0 radical (unpaired) electrons. The van der Waals surface area contributed by atoms with Gasteiger partial charge in [0.25, 0.3) is 0 Å². The number of anilines is 1. The van der Waals surface area contributed by atoms with Gasteiger partial charge in [-0.25, -0.2) is 4.39 Å². The maximum absolute atomic E-state index is 12.9. The van der Waals surface area contributed by atoms with Gasteiger partial charge in [0, 0.05) is 31.2 Å². The van der Waals surface area contributed by atoms with Gasteiger partial charge in [-0.15, -0.1) is 0 Å². The number of carbonyl (C=O) groups excluding carboxylic acids is 1. The van der Waals surface area contributed by atoms with E-state index in [4.69, 9.17) is 23.2 Å². The monoisotopic (exact) mass is 366 g/mol. The van der Waals surface area contributed by atoms with E-state index < -0.39 is 0 Å². The molecule has 24 heavy (non-hydrogen) atoms. The number of rotatable bonds is 3. The molecule has 0 atom stereocenters. The summed E-state index contributed by atoms with van der Waals surface area (Å²) in [6.07, 6.45) is 0.290. The van der Waals surface area contributed by atoms with Crippen LogP contribution in [0.4, 0.5) is 10.1 Å². The Morgan fingerprint density at radius 3 is 2.33 bits per heavy atom. The Morgan fingerprint density at radius 1 is 1.00 bits per heavy atom. The molecule has 0 aromatic heterocycles. The predicted octanol–water partition coefficient (Wildman–Crippen LogP) is 4.02. The Bertz CT molecular complexity index is 728. The summed E-state index contributed by atoms with van der Waals surface area (Å²) in [5.74, 6) is -0.239. The third kappa shape index (κ3) is 4.00. The average molecular weight is 367 g/mol. The summed E-state index contributed by atoms with van der Waals surface area (Å²) >= 11 is 12.3. The minimum absolute atomic E-state index is 0.0541. The summed E-state index contributed by atoms with van der Waals surface area (Å²) < 4.78 is 12.9.